The highest BCUT2D eigenvalue weighted by molar-refractivity contribution is 6.42. The van der Waals surface area contributed by atoms with E-state index in [0.29, 0.717) is 15.9 Å². The Hall–Kier alpha value is -2.08. The molecule has 0 saturated carbocycles. The van der Waals surface area contributed by atoms with E-state index in [1.807, 2.05) is 13.0 Å². The zero-order chi connectivity index (χ0) is 18.1. The van der Waals surface area contributed by atoms with E-state index < -0.39 is 5.91 Å². The van der Waals surface area contributed by atoms with Gasteiger partial charge in [0.2, 0.25) is 5.91 Å². The standard InChI is InChI=1S/C17H12Cl3N3O2/c1-9-3-2-4-11-15(9)21-8-23(17(11)25)7-14(24)22-16-12(19)5-10(18)6-13(16)20/h2-6,8H,7H2,1H3,(H,22,24). The molecule has 1 N–H and O–H groups in total. The van der Waals surface area contributed by atoms with Crippen molar-refractivity contribution in [3.05, 3.63) is 67.6 Å². The summed E-state index contributed by atoms with van der Waals surface area (Å²) in [6, 6.07) is 8.27. The highest BCUT2D eigenvalue weighted by Gasteiger charge is 2.13. The monoisotopic (exact) mass is 395 g/mol. The van der Waals surface area contributed by atoms with Crippen LogP contribution < -0.4 is 10.9 Å². The van der Waals surface area contributed by atoms with Gasteiger partial charge in [-0.2, -0.15) is 0 Å². The van der Waals surface area contributed by atoms with Gasteiger partial charge in [0.05, 0.1) is 33.0 Å². The summed E-state index contributed by atoms with van der Waals surface area (Å²) in [4.78, 5) is 29.1. The lowest BCUT2D eigenvalue weighted by molar-refractivity contribution is -0.116. The molecule has 3 aromatic rings. The minimum Gasteiger partial charge on any atom is -0.322 e. The predicted octanol–water partition coefficient (Wildman–Crippen LogP) is 4.30. The number of halogens is 3. The van der Waals surface area contributed by atoms with Crippen LogP contribution in [0.2, 0.25) is 15.1 Å². The molecule has 0 saturated heterocycles. The first-order valence-corrected chi connectivity index (χ1v) is 8.39. The van der Waals surface area contributed by atoms with E-state index in [0.717, 1.165) is 5.56 Å². The molecule has 128 valence electrons. The third-order valence-electron chi connectivity index (χ3n) is 3.64. The van der Waals surface area contributed by atoms with Gasteiger partial charge >= 0.3 is 0 Å². The Kier molecular flexibility index (Phi) is 4.99. The van der Waals surface area contributed by atoms with Crippen LogP contribution in [0.1, 0.15) is 5.56 Å². The number of benzene rings is 2. The number of para-hydroxylation sites is 1. The van der Waals surface area contributed by atoms with E-state index in [2.05, 4.69) is 10.3 Å². The van der Waals surface area contributed by atoms with E-state index in [9.17, 15) is 9.59 Å². The summed E-state index contributed by atoms with van der Waals surface area (Å²) in [7, 11) is 0. The van der Waals surface area contributed by atoms with Gasteiger partial charge in [-0.05, 0) is 30.7 Å². The first-order chi connectivity index (χ1) is 11.9. The number of fused-ring (bicyclic) bond motifs is 1. The molecule has 0 fully saturated rings. The zero-order valence-electron chi connectivity index (χ0n) is 13.0. The highest BCUT2D eigenvalue weighted by atomic mass is 35.5. The Morgan fingerprint density at radius 3 is 2.56 bits per heavy atom. The van der Waals surface area contributed by atoms with Gasteiger partial charge in [-0.1, -0.05) is 46.9 Å². The fraction of sp³-hybridized carbons (Fsp3) is 0.118. The van der Waals surface area contributed by atoms with Crippen LogP contribution in [0.5, 0.6) is 0 Å². The summed E-state index contributed by atoms with van der Waals surface area (Å²) < 4.78 is 1.23. The van der Waals surface area contributed by atoms with Crippen molar-refractivity contribution >= 4 is 57.3 Å². The summed E-state index contributed by atoms with van der Waals surface area (Å²) in [5.41, 5.74) is 1.46. The molecule has 25 heavy (non-hydrogen) atoms. The molecule has 0 aliphatic rings. The number of carbonyl (C=O) groups is 1. The lowest BCUT2D eigenvalue weighted by Crippen LogP contribution is -2.28. The number of rotatable bonds is 3. The number of aromatic nitrogens is 2. The van der Waals surface area contributed by atoms with E-state index in [-0.39, 0.29) is 27.8 Å². The third-order valence-corrected chi connectivity index (χ3v) is 4.45. The Bertz CT molecular complexity index is 1020. The minimum absolute atomic E-state index is 0.213. The second-order valence-electron chi connectivity index (χ2n) is 5.44. The Morgan fingerprint density at radius 1 is 1.20 bits per heavy atom. The van der Waals surface area contributed by atoms with E-state index in [4.69, 9.17) is 34.8 Å². The number of nitrogens with one attached hydrogen (secondary N) is 1. The average Bonchev–Trinajstić information content (AvgIpc) is 2.54. The molecular formula is C17H12Cl3N3O2. The maximum Gasteiger partial charge on any atom is 0.261 e. The van der Waals surface area contributed by atoms with Gasteiger partial charge in [0.15, 0.2) is 0 Å². The third kappa shape index (κ3) is 3.63. The molecule has 1 aromatic heterocycles. The van der Waals surface area contributed by atoms with Crippen LogP contribution in [0.15, 0.2) is 41.5 Å². The van der Waals surface area contributed by atoms with Crippen LogP contribution in [-0.2, 0) is 11.3 Å². The first kappa shape index (κ1) is 17.7. The molecule has 1 amide bonds. The number of hydrogen-bond donors (Lipinski definition) is 1. The molecular weight excluding hydrogens is 385 g/mol. The van der Waals surface area contributed by atoms with Crippen LogP contribution in [0.25, 0.3) is 10.9 Å². The molecule has 1 heterocycles. The number of hydrogen-bond acceptors (Lipinski definition) is 3. The first-order valence-electron chi connectivity index (χ1n) is 7.26. The van der Waals surface area contributed by atoms with Crippen LogP contribution in [0.3, 0.4) is 0 Å². The van der Waals surface area contributed by atoms with E-state index >= 15 is 0 Å². The lowest BCUT2D eigenvalue weighted by Gasteiger charge is -2.11. The van der Waals surface area contributed by atoms with Gasteiger partial charge in [0.25, 0.3) is 5.56 Å². The molecule has 0 spiro atoms. The van der Waals surface area contributed by atoms with Gasteiger partial charge in [0.1, 0.15) is 6.54 Å². The Morgan fingerprint density at radius 2 is 1.88 bits per heavy atom. The summed E-state index contributed by atoms with van der Waals surface area (Å²) in [5, 5.41) is 3.83. The summed E-state index contributed by atoms with van der Waals surface area (Å²) in [6.07, 6.45) is 1.35. The van der Waals surface area contributed by atoms with Gasteiger partial charge in [-0.15, -0.1) is 0 Å². The molecule has 8 heteroatoms. The molecule has 0 aliphatic heterocycles. The molecule has 3 rings (SSSR count). The van der Waals surface area contributed by atoms with E-state index in [1.165, 1.54) is 23.0 Å². The fourth-order valence-electron chi connectivity index (χ4n) is 2.45. The van der Waals surface area contributed by atoms with Crippen molar-refractivity contribution in [2.24, 2.45) is 0 Å². The van der Waals surface area contributed by atoms with Crippen molar-refractivity contribution < 1.29 is 4.79 Å². The molecule has 0 bridgehead atoms. The predicted molar refractivity (Wildman–Crippen MR) is 101 cm³/mol. The Balaban J connectivity index is 1.88. The van der Waals surface area contributed by atoms with E-state index in [1.54, 1.807) is 12.1 Å². The molecule has 2 aromatic carbocycles. The highest BCUT2D eigenvalue weighted by Crippen LogP contribution is 2.33. The number of carbonyl (C=O) groups excluding carboxylic acids is 1. The van der Waals surface area contributed by atoms with Gasteiger partial charge in [-0.3, -0.25) is 14.2 Å². The van der Waals surface area contributed by atoms with Crippen LogP contribution in [0, 0.1) is 6.92 Å². The van der Waals surface area contributed by atoms with Crippen LogP contribution in [-0.4, -0.2) is 15.5 Å². The molecule has 0 aliphatic carbocycles. The second kappa shape index (κ2) is 7.04. The van der Waals surface area contributed by atoms with Gasteiger partial charge in [-0.25, -0.2) is 4.98 Å². The van der Waals surface area contributed by atoms with Crippen LogP contribution >= 0.6 is 34.8 Å². The van der Waals surface area contributed by atoms with Crippen molar-refractivity contribution in [2.45, 2.75) is 13.5 Å². The second-order valence-corrected chi connectivity index (χ2v) is 6.69. The Labute approximate surface area is 158 Å². The largest absolute Gasteiger partial charge is 0.322 e. The fourth-order valence-corrected chi connectivity index (χ4v) is 3.36. The lowest BCUT2D eigenvalue weighted by atomic mass is 10.1. The normalized spacial score (nSPS) is 10.9. The van der Waals surface area contributed by atoms with Crippen molar-refractivity contribution in [1.82, 2.24) is 9.55 Å². The number of nitrogens with zero attached hydrogens (tertiary/aromatic N) is 2. The molecule has 0 radical (unpaired) electrons. The topological polar surface area (TPSA) is 64.0 Å². The number of aryl methyl sites for hydroxylation is 1. The van der Waals surface area contributed by atoms with Crippen LogP contribution in [0.4, 0.5) is 5.69 Å². The maximum absolute atomic E-state index is 12.5. The van der Waals surface area contributed by atoms with Crippen molar-refractivity contribution in [3.8, 4) is 0 Å². The van der Waals surface area contributed by atoms with Crippen molar-refractivity contribution in [3.63, 3.8) is 0 Å². The minimum atomic E-state index is -0.456. The summed E-state index contributed by atoms with van der Waals surface area (Å²) >= 11 is 17.9. The van der Waals surface area contributed by atoms with Crippen molar-refractivity contribution in [2.75, 3.05) is 5.32 Å². The molecule has 0 atom stereocenters. The number of amides is 1. The number of anilines is 1. The SMILES string of the molecule is Cc1cccc2c(=O)n(CC(=O)Nc3c(Cl)cc(Cl)cc3Cl)cnc12. The van der Waals surface area contributed by atoms with Gasteiger partial charge < -0.3 is 5.32 Å². The average molecular weight is 397 g/mol. The zero-order valence-corrected chi connectivity index (χ0v) is 15.3. The summed E-state index contributed by atoms with van der Waals surface area (Å²) in [6.45, 7) is 1.65. The van der Waals surface area contributed by atoms with Crippen molar-refractivity contribution in [1.29, 1.82) is 0 Å². The molecule has 5 nitrogen and oxygen atoms in total. The smallest absolute Gasteiger partial charge is 0.261 e. The summed E-state index contributed by atoms with van der Waals surface area (Å²) in [5.74, 6) is -0.456. The van der Waals surface area contributed by atoms with Gasteiger partial charge in [0, 0.05) is 5.02 Å². The molecule has 0 unspecified atom stereocenters. The maximum atomic E-state index is 12.5. The quantitative estimate of drug-likeness (QED) is 0.718.